The maximum atomic E-state index is 5.40. The molecule has 0 saturated heterocycles. The van der Waals surface area contributed by atoms with Crippen molar-refractivity contribution in [2.75, 3.05) is 0 Å². The molecule has 2 nitrogen and oxygen atoms in total. The second-order valence-corrected chi connectivity index (χ2v) is 25.1. The summed E-state index contributed by atoms with van der Waals surface area (Å²) >= 11 is 0. The van der Waals surface area contributed by atoms with Gasteiger partial charge in [-0.05, 0) is 107 Å². The van der Waals surface area contributed by atoms with Gasteiger partial charge in [-0.3, -0.25) is 9.98 Å². The molecule has 2 heteroatoms. The van der Waals surface area contributed by atoms with E-state index in [1.165, 1.54) is 332 Å². The number of nitrogens with zero attached hydrogens (tertiary/aromatic N) is 2. The first-order chi connectivity index (χ1) is 39.7. The molecule has 0 aromatic heterocycles. The van der Waals surface area contributed by atoms with Crippen LogP contribution in [-0.4, -0.2) is 11.4 Å². The van der Waals surface area contributed by atoms with Crippen molar-refractivity contribution in [2.45, 2.75) is 387 Å². The Morgan fingerprint density at radius 2 is 0.512 bits per heavy atom. The van der Waals surface area contributed by atoms with E-state index >= 15 is 0 Å². The normalized spacial score (nSPS) is 12.3. The number of hydrogen-bond donors (Lipinski definition) is 0. The quantitative estimate of drug-likeness (QED) is 0.0358. The highest BCUT2D eigenvalue weighted by Crippen LogP contribution is 2.26. The van der Waals surface area contributed by atoms with E-state index < -0.39 is 0 Å². The second-order valence-electron chi connectivity index (χ2n) is 25.1. The third-order valence-electron chi connectivity index (χ3n) is 17.4. The van der Waals surface area contributed by atoms with Crippen LogP contribution in [0.1, 0.15) is 386 Å². The molecule has 2 aromatic rings. The maximum absolute atomic E-state index is 5.40. The monoisotopic (exact) mass is 1100 g/mol. The molecule has 0 radical (unpaired) electrons. The van der Waals surface area contributed by atoms with Crippen LogP contribution in [0.4, 0.5) is 11.4 Å². The van der Waals surface area contributed by atoms with Crippen LogP contribution >= 0.6 is 0 Å². The van der Waals surface area contributed by atoms with E-state index in [1.807, 2.05) is 0 Å². The molecule has 0 N–H and O–H groups in total. The molecule has 0 aliphatic carbocycles. The number of hydrogen-bond acceptors (Lipinski definition) is 2. The molecule has 0 fully saturated rings. The molecule has 0 spiro atoms. The Bertz CT molecular complexity index is 1710. The summed E-state index contributed by atoms with van der Waals surface area (Å²) in [6.45, 7) is 9.11. The van der Waals surface area contributed by atoms with E-state index in [0.29, 0.717) is 0 Å². The van der Waals surface area contributed by atoms with Gasteiger partial charge in [0.2, 0.25) is 0 Å². The number of para-hydroxylation sites is 2. The minimum absolute atomic E-state index is 0.979. The van der Waals surface area contributed by atoms with E-state index in [-0.39, 0.29) is 0 Å². The van der Waals surface area contributed by atoms with E-state index in [1.54, 1.807) is 0 Å². The second kappa shape index (κ2) is 59.4. The lowest BCUT2D eigenvalue weighted by molar-refractivity contribution is 0.519. The number of aliphatic imine (C=N–C) groups is 2. The largest absolute Gasteiger partial charge is 0.252 e. The lowest BCUT2D eigenvalue weighted by Crippen LogP contribution is -2.10. The summed E-state index contributed by atoms with van der Waals surface area (Å²) in [6.07, 6.45) is 87.3. The summed E-state index contributed by atoms with van der Waals surface area (Å²) in [5.41, 5.74) is 7.20. The summed E-state index contributed by atoms with van der Waals surface area (Å²) < 4.78 is 0. The smallest absolute Gasteiger partial charge is 0.0665 e. The zero-order valence-electron chi connectivity index (χ0n) is 54.4. The van der Waals surface area contributed by atoms with Gasteiger partial charge in [-0.25, -0.2) is 0 Å². The van der Waals surface area contributed by atoms with Crippen LogP contribution in [0.25, 0.3) is 0 Å². The van der Waals surface area contributed by atoms with Crippen molar-refractivity contribution in [3.8, 4) is 0 Å². The number of rotatable bonds is 61. The molecule has 0 atom stereocenters. The van der Waals surface area contributed by atoms with Crippen molar-refractivity contribution in [1.29, 1.82) is 0 Å². The van der Waals surface area contributed by atoms with Crippen LogP contribution in [0.3, 0.4) is 0 Å². The van der Waals surface area contributed by atoms with Crippen LogP contribution in [0.2, 0.25) is 0 Å². The average molecular weight is 1100 g/mol. The molecule has 0 amide bonds. The summed E-state index contributed by atoms with van der Waals surface area (Å²) in [4.78, 5) is 10.7. The molecule has 0 bridgehead atoms. The van der Waals surface area contributed by atoms with Gasteiger partial charge in [0.05, 0.1) is 22.8 Å². The highest BCUT2D eigenvalue weighted by Gasteiger charge is 2.10. The third kappa shape index (κ3) is 46.7. The Kier molecular flexibility index (Phi) is 54.5. The molecular formula is C78H136N2. The van der Waals surface area contributed by atoms with Crippen molar-refractivity contribution >= 4 is 22.8 Å². The van der Waals surface area contributed by atoms with Crippen molar-refractivity contribution < 1.29 is 0 Å². The van der Waals surface area contributed by atoms with Gasteiger partial charge < -0.3 is 0 Å². The number of allylic oxidation sites excluding steroid dienone is 4. The molecular weight excluding hydrogens is 965 g/mol. The summed E-state index contributed by atoms with van der Waals surface area (Å²) in [7, 11) is 0. The number of benzene rings is 2. The van der Waals surface area contributed by atoms with Crippen molar-refractivity contribution in [3.05, 3.63) is 84.0 Å². The molecule has 80 heavy (non-hydrogen) atoms. The van der Waals surface area contributed by atoms with Gasteiger partial charge in [-0.2, -0.15) is 0 Å². The molecule has 0 aliphatic heterocycles. The number of unbranched alkanes of at least 4 members (excludes halogenated alkanes) is 48. The van der Waals surface area contributed by atoms with Crippen LogP contribution < -0.4 is 0 Å². The average Bonchev–Trinajstić information content (AvgIpc) is 3.48. The predicted octanol–water partition coefficient (Wildman–Crippen LogP) is 27.9. The standard InChI is InChI=1S/C78H136N2/c1-5-8-11-13-15-17-19-21-23-25-27-29-31-33-35-37-39-41-43-45-47-49-51-53-55-57-60-66-74-68-62-64-71-77(74)79-73(4)76(70-59-10-7-3)80-78-72-65-63-69-75(78)67-61-58-56-54-52-50-48-46-44-42-40-38-36-34-32-30-28-26-24-22-20-18-16-14-12-9-6-2/h53-56,62-65,68-69,71-72H,5-52,57-61,66-67,70H2,1-4H3. The molecule has 0 aliphatic rings. The lowest BCUT2D eigenvalue weighted by atomic mass is 10.0. The summed E-state index contributed by atoms with van der Waals surface area (Å²) in [5, 5.41) is 0. The zero-order chi connectivity index (χ0) is 57.0. The van der Waals surface area contributed by atoms with Crippen LogP contribution in [0.15, 0.2) is 82.8 Å². The molecule has 2 aromatic carbocycles. The first kappa shape index (κ1) is 73.4. The van der Waals surface area contributed by atoms with Crippen molar-refractivity contribution in [3.63, 3.8) is 0 Å². The molecule has 0 heterocycles. The fourth-order valence-electron chi connectivity index (χ4n) is 11.9. The van der Waals surface area contributed by atoms with E-state index in [0.717, 1.165) is 61.3 Å². The van der Waals surface area contributed by atoms with Gasteiger partial charge in [-0.1, -0.05) is 364 Å². The molecule has 458 valence electrons. The topological polar surface area (TPSA) is 24.7 Å². The van der Waals surface area contributed by atoms with Gasteiger partial charge in [0.1, 0.15) is 0 Å². The zero-order valence-corrected chi connectivity index (χ0v) is 54.4. The minimum Gasteiger partial charge on any atom is -0.252 e. The highest BCUT2D eigenvalue weighted by molar-refractivity contribution is 6.42. The Labute approximate surface area is 501 Å². The Morgan fingerprint density at radius 3 is 0.812 bits per heavy atom. The minimum atomic E-state index is 0.979. The summed E-state index contributed by atoms with van der Waals surface area (Å²) in [5.74, 6) is 0. The SMILES string of the molecule is CCCCCCCCCCCCCCCCCCCCCCCCC=CCCCc1ccccc1N=C(C)C(CCCCC)=Nc1ccccc1CCCC=CCCCCCCCCCCCCCCCCCCCCCCCC. The molecule has 2 rings (SSSR count). The van der Waals surface area contributed by atoms with Gasteiger partial charge in [-0.15, -0.1) is 0 Å². The van der Waals surface area contributed by atoms with Crippen LogP contribution in [0, 0.1) is 0 Å². The van der Waals surface area contributed by atoms with Gasteiger partial charge in [0.15, 0.2) is 0 Å². The van der Waals surface area contributed by atoms with E-state index in [4.69, 9.17) is 9.98 Å². The van der Waals surface area contributed by atoms with Gasteiger partial charge in [0, 0.05) is 0 Å². The van der Waals surface area contributed by atoms with Crippen molar-refractivity contribution in [2.24, 2.45) is 9.98 Å². The Morgan fingerprint density at radius 1 is 0.275 bits per heavy atom. The predicted molar refractivity (Wildman–Crippen MR) is 365 cm³/mol. The maximum Gasteiger partial charge on any atom is 0.0665 e. The lowest BCUT2D eigenvalue weighted by Gasteiger charge is -2.11. The van der Waals surface area contributed by atoms with E-state index in [2.05, 4.69) is 101 Å². The van der Waals surface area contributed by atoms with Crippen LogP contribution in [-0.2, 0) is 12.8 Å². The summed E-state index contributed by atoms with van der Waals surface area (Å²) in [6, 6.07) is 17.7. The number of aryl methyl sites for hydroxylation is 2. The van der Waals surface area contributed by atoms with Gasteiger partial charge >= 0.3 is 0 Å². The Hall–Kier alpha value is -2.74. The first-order valence-electron chi connectivity index (χ1n) is 36.3. The van der Waals surface area contributed by atoms with Crippen LogP contribution in [0.5, 0.6) is 0 Å². The van der Waals surface area contributed by atoms with Crippen molar-refractivity contribution in [1.82, 2.24) is 0 Å². The van der Waals surface area contributed by atoms with Gasteiger partial charge in [0.25, 0.3) is 0 Å². The third-order valence-corrected chi connectivity index (χ3v) is 17.4. The van der Waals surface area contributed by atoms with E-state index in [9.17, 15) is 0 Å². The highest BCUT2D eigenvalue weighted by atomic mass is 14.8. The molecule has 0 unspecified atom stereocenters. The Balaban J connectivity index is 1.56. The fourth-order valence-corrected chi connectivity index (χ4v) is 11.9. The fraction of sp³-hybridized carbons (Fsp3) is 0.769. The first-order valence-corrected chi connectivity index (χ1v) is 36.3. The molecule has 0 saturated carbocycles.